The van der Waals surface area contributed by atoms with Crippen LogP contribution in [0.1, 0.15) is 23.0 Å². The topological polar surface area (TPSA) is 89.0 Å². The van der Waals surface area contributed by atoms with E-state index in [-0.39, 0.29) is 0 Å². The Kier molecular flexibility index (Phi) is 5.75. The number of nitrogens with zero attached hydrogens (tertiary/aromatic N) is 2. The van der Waals surface area contributed by atoms with Gasteiger partial charge in [0, 0.05) is 18.0 Å². The minimum Gasteiger partial charge on any atom is -0.493 e. The van der Waals surface area contributed by atoms with Gasteiger partial charge in [0.1, 0.15) is 12.6 Å². The zero-order valence-electron chi connectivity index (χ0n) is 13.6. The van der Waals surface area contributed by atoms with Gasteiger partial charge >= 0.3 is 5.97 Å². The van der Waals surface area contributed by atoms with Crippen LogP contribution in [0.2, 0.25) is 0 Å². The van der Waals surface area contributed by atoms with Crippen molar-refractivity contribution in [1.82, 2.24) is 9.88 Å². The molecule has 1 aromatic heterocycles. The summed E-state index contributed by atoms with van der Waals surface area (Å²) >= 11 is 1.48. The molecule has 0 bridgehead atoms. The summed E-state index contributed by atoms with van der Waals surface area (Å²) in [6.45, 7) is 1.74. The minimum absolute atomic E-state index is 0.295. The number of rotatable bonds is 7. The van der Waals surface area contributed by atoms with Crippen LogP contribution >= 0.6 is 11.3 Å². The third-order valence-corrected chi connectivity index (χ3v) is 4.16. The molecule has 2 rings (SSSR count). The van der Waals surface area contributed by atoms with Gasteiger partial charge in [0.2, 0.25) is 0 Å². The number of benzene rings is 1. The fraction of sp³-hybridized carbons (Fsp3) is 0.312. The van der Waals surface area contributed by atoms with Crippen molar-refractivity contribution in [1.29, 1.82) is 0 Å². The first kappa shape index (κ1) is 17.7. The Balaban J connectivity index is 2.15. The van der Waals surface area contributed by atoms with E-state index in [2.05, 4.69) is 4.98 Å². The maximum Gasteiger partial charge on any atom is 0.326 e. The molecule has 0 aliphatic heterocycles. The number of carboxylic acids is 1. The molecule has 0 radical (unpaired) electrons. The van der Waals surface area contributed by atoms with Gasteiger partial charge < -0.3 is 19.5 Å². The van der Waals surface area contributed by atoms with Crippen LogP contribution in [-0.2, 0) is 11.4 Å². The van der Waals surface area contributed by atoms with Gasteiger partial charge in [0.05, 0.1) is 18.3 Å². The highest BCUT2D eigenvalue weighted by Gasteiger charge is 2.23. The average Bonchev–Trinajstić information content (AvgIpc) is 3.11. The lowest BCUT2D eigenvalue weighted by atomic mass is 10.1. The van der Waals surface area contributed by atoms with Gasteiger partial charge in [-0.15, -0.1) is 11.3 Å². The van der Waals surface area contributed by atoms with E-state index < -0.39 is 17.9 Å². The van der Waals surface area contributed by atoms with Crippen LogP contribution in [0.4, 0.5) is 0 Å². The number of hydrogen-bond donors (Lipinski definition) is 1. The Morgan fingerprint density at radius 1 is 1.38 bits per heavy atom. The lowest BCUT2D eigenvalue weighted by Crippen LogP contribution is -2.40. The summed E-state index contributed by atoms with van der Waals surface area (Å²) in [4.78, 5) is 28.7. The average molecular weight is 350 g/mol. The summed E-state index contributed by atoms with van der Waals surface area (Å²) in [5, 5.41) is 10.9. The molecule has 0 saturated carbocycles. The van der Waals surface area contributed by atoms with Crippen molar-refractivity contribution >= 4 is 23.2 Å². The highest BCUT2D eigenvalue weighted by molar-refractivity contribution is 7.07. The SMILES string of the molecule is COc1cc(C(=O)N(C)C(C)C(=O)O)ccc1OCc1cscn1. The van der Waals surface area contributed by atoms with Crippen LogP contribution in [-0.4, -0.2) is 47.1 Å². The van der Waals surface area contributed by atoms with Crippen LogP contribution in [0, 0.1) is 0 Å². The third-order valence-electron chi connectivity index (χ3n) is 3.53. The number of hydrogen-bond acceptors (Lipinski definition) is 6. The van der Waals surface area contributed by atoms with Crippen LogP contribution in [0.25, 0.3) is 0 Å². The van der Waals surface area contributed by atoms with Gasteiger partial charge in [-0.3, -0.25) is 4.79 Å². The first-order valence-corrected chi connectivity index (χ1v) is 8.06. The van der Waals surface area contributed by atoms with Crippen molar-refractivity contribution in [2.24, 2.45) is 0 Å². The van der Waals surface area contributed by atoms with E-state index in [0.29, 0.717) is 23.7 Å². The number of ether oxygens (including phenoxy) is 2. The number of thiazole rings is 1. The van der Waals surface area contributed by atoms with Gasteiger partial charge in [-0.2, -0.15) is 0 Å². The van der Waals surface area contributed by atoms with Crippen molar-refractivity contribution in [2.45, 2.75) is 19.6 Å². The molecule has 1 N–H and O–H groups in total. The third kappa shape index (κ3) is 4.02. The molecule has 0 aliphatic carbocycles. The predicted molar refractivity (Wildman–Crippen MR) is 88.6 cm³/mol. The maximum atomic E-state index is 12.4. The summed E-state index contributed by atoms with van der Waals surface area (Å²) in [6, 6.07) is 3.80. The molecule has 8 heteroatoms. The van der Waals surface area contributed by atoms with Crippen molar-refractivity contribution in [3.63, 3.8) is 0 Å². The smallest absolute Gasteiger partial charge is 0.326 e. The number of aliphatic carboxylic acids is 1. The predicted octanol–water partition coefficient (Wildman–Crippen LogP) is 2.28. The molecule has 1 atom stereocenters. The lowest BCUT2D eigenvalue weighted by Gasteiger charge is -2.22. The molecule has 1 heterocycles. The zero-order valence-corrected chi connectivity index (χ0v) is 14.4. The molecule has 0 fully saturated rings. The summed E-state index contributed by atoms with van der Waals surface area (Å²) < 4.78 is 10.9. The summed E-state index contributed by atoms with van der Waals surface area (Å²) in [7, 11) is 2.92. The Hall–Kier alpha value is -2.61. The monoisotopic (exact) mass is 350 g/mol. The molecule has 2 aromatic rings. The second-order valence-corrected chi connectivity index (χ2v) is 5.78. The highest BCUT2D eigenvalue weighted by Crippen LogP contribution is 2.29. The fourth-order valence-electron chi connectivity index (χ4n) is 1.93. The number of carbonyl (C=O) groups is 2. The Bertz CT molecular complexity index is 717. The molecular formula is C16H18N2O5S. The number of likely N-dealkylation sites (N-methyl/N-ethyl adjacent to an activating group) is 1. The minimum atomic E-state index is -1.07. The molecule has 7 nitrogen and oxygen atoms in total. The summed E-state index contributed by atoms with van der Waals surface area (Å²) in [5.74, 6) is -0.598. The fourth-order valence-corrected chi connectivity index (χ4v) is 2.47. The molecule has 0 saturated heterocycles. The van der Waals surface area contributed by atoms with E-state index in [4.69, 9.17) is 14.6 Å². The van der Waals surface area contributed by atoms with Crippen molar-refractivity contribution in [3.8, 4) is 11.5 Å². The first-order valence-electron chi connectivity index (χ1n) is 7.12. The standard InChI is InChI=1S/C16H18N2O5S/c1-10(16(20)21)18(2)15(19)11-4-5-13(14(6-11)22-3)23-7-12-8-24-9-17-12/h4-6,8-10H,7H2,1-3H3,(H,20,21). The molecule has 1 amide bonds. The largest absolute Gasteiger partial charge is 0.493 e. The number of aromatic nitrogens is 1. The second kappa shape index (κ2) is 7.78. The summed E-state index contributed by atoms with van der Waals surface area (Å²) in [6.07, 6.45) is 0. The number of carboxylic acid groups (broad SMARTS) is 1. The van der Waals surface area contributed by atoms with Crippen molar-refractivity contribution in [3.05, 3.63) is 40.3 Å². The molecule has 1 aromatic carbocycles. The Labute approximate surface area is 143 Å². The molecule has 0 aliphatic rings. The zero-order chi connectivity index (χ0) is 17.7. The lowest BCUT2D eigenvalue weighted by molar-refractivity contribution is -0.141. The normalized spacial score (nSPS) is 11.6. The van der Waals surface area contributed by atoms with Crippen molar-refractivity contribution < 1.29 is 24.2 Å². The van der Waals surface area contributed by atoms with Gasteiger partial charge in [-0.25, -0.2) is 9.78 Å². The second-order valence-electron chi connectivity index (χ2n) is 5.06. The van der Waals surface area contributed by atoms with Gasteiger partial charge in [0.25, 0.3) is 5.91 Å². The summed E-state index contributed by atoms with van der Waals surface area (Å²) in [5.41, 5.74) is 2.85. The van der Waals surface area contributed by atoms with Crippen LogP contribution in [0.5, 0.6) is 11.5 Å². The Morgan fingerprint density at radius 3 is 2.71 bits per heavy atom. The van der Waals surface area contributed by atoms with E-state index in [9.17, 15) is 9.59 Å². The molecular weight excluding hydrogens is 332 g/mol. The van der Waals surface area contributed by atoms with E-state index in [1.165, 1.54) is 38.5 Å². The molecule has 0 spiro atoms. The van der Waals surface area contributed by atoms with Gasteiger partial charge in [-0.05, 0) is 25.1 Å². The number of carbonyl (C=O) groups excluding carboxylic acids is 1. The maximum absolute atomic E-state index is 12.4. The van der Waals surface area contributed by atoms with E-state index in [0.717, 1.165) is 10.6 Å². The number of amides is 1. The van der Waals surface area contributed by atoms with Crippen LogP contribution in [0.3, 0.4) is 0 Å². The van der Waals surface area contributed by atoms with Gasteiger partial charge in [0.15, 0.2) is 11.5 Å². The Morgan fingerprint density at radius 2 is 2.12 bits per heavy atom. The van der Waals surface area contributed by atoms with Gasteiger partial charge in [-0.1, -0.05) is 0 Å². The quantitative estimate of drug-likeness (QED) is 0.824. The van der Waals surface area contributed by atoms with Crippen molar-refractivity contribution in [2.75, 3.05) is 14.2 Å². The van der Waals surface area contributed by atoms with E-state index in [1.54, 1.807) is 17.6 Å². The van der Waals surface area contributed by atoms with Crippen LogP contribution in [0.15, 0.2) is 29.1 Å². The van der Waals surface area contributed by atoms with E-state index in [1.807, 2.05) is 5.38 Å². The molecule has 128 valence electrons. The number of methoxy groups -OCH3 is 1. The molecule has 24 heavy (non-hydrogen) atoms. The first-order chi connectivity index (χ1) is 11.4. The van der Waals surface area contributed by atoms with E-state index >= 15 is 0 Å². The molecule has 1 unspecified atom stereocenters. The van der Waals surface area contributed by atoms with Crippen LogP contribution < -0.4 is 9.47 Å². The highest BCUT2D eigenvalue weighted by atomic mass is 32.1.